The molecule has 0 atom stereocenters. The predicted octanol–water partition coefficient (Wildman–Crippen LogP) is 2.07. The van der Waals surface area contributed by atoms with E-state index in [-0.39, 0.29) is 23.1 Å². The first kappa shape index (κ1) is 24.7. The average molecular weight is 478 g/mol. The minimum absolute atomic E-state index is 0.000196. The Kier molecular flexibility index (Phi) is 8.04. The fraction of sp³-hybridized carbons (Fsp3) is 0.435. The molecule has 0 saturated carbocycles. The molecule has 0 aromatic heterocycles. The summed E-state index contributed by atoms with van der Waals surface area (Å²) in [4.78, 5) is 16.9. The van der Waals surface area contributed by atoms with Gasteiger partial charge in [0.15, 0.2) is 11.5 Å². The van der Waals surface area contributed by atoms with Gasteiger partial charge >= 0.3 is 0 Å². The highest BCUT2D eigenvalue weighted by Crippen LogP contribution is 2.32. The number of ether oxygens (including phenoxy) is 3. The van der Waals surface area contributed by atoms with Crippen LogP contribution in [-0.4, -0.2) is 84.7 Å². The molecule has 1 amide bonds. The number of hydrogen-bond acceptors (Lipinski definition) is 7. The van der Waals surface area contributed by atoms with Crippen LogP contribution in [0.1, 0.15) is 6.92 Å². The summed E-state index contributed by atoms with van der Waals surface area (Å²) >= 11 is 0. The van der Waals surface area contributed by atoms with Gasteiger partial charge in [0, 0.05) is 32.2 Å². The summed E-state index contributed by atoms with van der Waals surface area (Å²) in [7, 11) is 0.832. The smallest absolute Gasteiger partial charge is 0.264 e. The van der Waals surface area contributed by atoms with Crippen LogP contribution in [0.4, 0.5) is 5.69 Å². The molecule has 10 heteroatoms. The molecule has 0 radical (unpaired) electrons. The second-order valence-corrected chi connectivity index (χ2v) is 9.50. The molecule has 0 bridgehead atoms. The summed E-state index contributed by atoms with van der Waals surface area (Å²) in [5, 5.41) is 0. The molecular weight excluding hydrogens is 446 g/mol. The van der Waals surface area contributed by atoms with Crippen LogP contribution in [0.5, 0.6) is 17.2 Å². The van der Waals surface area contributed by atoms with E-state index in [1.54, 1.807) is 29.2 Å². The second kappa shape index (κ2) is 10.8. The van der Waals surface area contributed by atoms with Gasteiger partial charge in [0.2, 0.25) is 5.91 Å². The van der Waals surface area contributed by atoms with Crippen molar-refractivity contribution in [2.75, 3.05) is 64.9 Å². The molecule has 2 aromatic carbocycles. The quantitative estimate of drug-likeness (QED) is 0.546. The van der Waals surface area contributed by atoms with Crippen LogP contribution < -0.4 is 18.5 Å². The highest BCUT2D eigenvalue weighted by atomic mass is 32.2. The maximum absolute atomic E-state index is 13.7. The predicted molar refractivity (Wildman–Crippen MR) is 126 cm³/mol. The van der Waals surface area contributed by atoms with Gasteiger partial charge in [-0.05, 0) is 50.4 Å². The van der Waals surface area contributed by atoms with E-state index in [1.165, 1.54) is 32.4 Å². The van der Waals surface area contributed by atoms with Crippen LogP contribution in [0, 0.1) is 0 Å². The lowest BCUT2D eigenvalue weighted by molar-refractivity contribution is -0.131. The number of benzene rings is 2. The van der Waals surface area contributed by atoms with Gasteiger partial charge in [-0.2, -0.15) is 0 Å². The van der Waals surface area contributed by atoms with Gasteiger partial charge in [-0.3, -0.25) is 9.10 Å². The fourth-order valence-corrected chi connectivity index (χ4v) is 5.00. The van der Waals surface area contributed by atoms with Crippen molar-refractivity contribution in [2.24, 2.45) is 0 Å². The first-order valence-corrected chi connectivity index (χ1v) is 12.2. The zero-order chi connectivity index (χ0) is 24.0. The summed E-state index contributed by atoms with van der Waals surface area (Å²) in [6.07, 6.45) is 0. The molecule has 0 N–H and O–H groups in total. The Morgan fingerprint density at radius 1 is 0.970 bits per heavy atom. The molecule has 1 aliphatic rings. The third-order valence-corrected chi connectivity index (χ3v) is 7.28. The van der Waals surface area contributed by atoms with Crippen LogP contribution in [-0.2, 0) is 14.8 Å². The molecule has 3 rings (SSSR count). The Hall–Kier alpha value is -2.98. The summed E-state index contributed by atoms with van der Waals surface area (Å²) in [5.41, 5.74) is 0.371. The highest BCUT2D eigenvalue weighted by molar-refractivity contribution is 7.92. The van der Waals surface area contributed by atoms with E-state index in [9.17, 15) is 13.2 Å². The number of nitrogens with zero attached hydrogens (tertiary/aromatic N) is 3. The number of rotatable bonds is 9. The van der Waals surface area contributed by atoms with Crippen molar-refractivity contribution in [2.45, 2.75) is 11.8 Å². The summed E-state index contributed by atoms with van der Waals surface area (Å²) < 4.78 is 44.5. The number of amides is 1. The highest BCUT2D eigenvalue weighted by Gasteiger charge is 2.30. The van der Waals surface area contributed by atoms with Crippen molar-refractivity contribution in [3.05, 3.63) is 42.5 Å². The molecule has 1 saturated heterocycles. The van der Waals surface area contributed by atoms with Crippen molar-refractivity contribution in [3.63, 3.8) is 0 Å². The van der Waals surface area contributed by atoms with Gasteiger partial charge in [-0.25, -0.2) is 8.42 Å². The molecule has 0 aliphatic carbocycles. The van der Waals surface area contributed by atoms with Crippen molar-refractivity contribution in [3.8, 4) is 17.2 Å². The Balaban J connectivity index is 1.97. The van der Waals surface area contributed by atoms with Crippen LogP contribution >= 0.6 is 0 Å². The summed E-state index contributed by atoms with van der Waals surface area (Å²) in [5.74, 6) is 1.07. The lowest BCUT2D eigenvalue weighted by atomic mass is 10.3. The van der Waals surface area contributed by atoms with Crippen LogP contribution in [0.25, 0.3) is 0 Å². The van der Waals surface area contributed by atoms with E-state index >= 15 is 0 Å². The van der Waals surface area contributed by atoms with E-state index in [0.29, 0.717) is 36.9 Å². The van der Waals surface area contributed by atoms with Crippen LogP contribution in [0.3, 0.4) is 0 Å². The largest absolute Gasteiger partial charge is 0.494 e. The van der Waals surface area contributed by atoms with E-state index < -0.39 is 10.0 Å². The molecule has 33 heavy (non-hydrogen) atoms. The zero-order valence-corrected chi connectivity index (χ0v) is 20.3. The zero-order valence-electron chi connectivity index (χ0n) is 19.5. The van der Waals surface area contributed by atoms with Crippen molar-refractivity contribution >= 4 is 21.6 Å². The van der Waals surface area contributed by atoms with Gasteiger partial charge in [-0.1, -0.05) is 0 Å². The summed E-state index contributed by atoms with van der Waals surface area (Å²) in [6.45, 7) is 4.67. The lowest BCUT2D eigenvalue weighted by Crippen LogP contribution is -2.50. The number of methoxy groups -OCH3 is 2. The molecule has 180 valence electrons. The van der Waals surface area contributed by atoms with Crippen LogP contribution in [0.15, 0.2) is 47.4 Å². The molecule has 2 aromatic rings. The molecular formula is C23H31N3O6S. The van der Waals surface area contributed by atoms with E-state index in [1.807, 2.05) is 14.0 Å². The number of piperazine rings is 1. The molecule has 9 nitrogen and oxygen atoms in total. The van der Waals surface area contributed by atoms with E-state index in [4.69, 9.17) is 14.2 Å². The Morgan fingerprint density at radius 3 is 2.18 bits per heavy atom. The third kappa shape index (κ3) is 5.69. The second-order valence-electron chi connectivity index (χ2n) is 7.64. The lowest BCUT2D eigenvalue weighted by Gasteiger charge is -2.34. The fourth-order valence-electron chi connectivity index (χ4n) is 3.57. The molecule has 0 spiro atoms. The molecule has 1 heterocycles. The van der Waals surface area contributed by atoms with Crippen LogP contribution in [0.2, 0.25) is 0 Å². The average Bonchev–Trinajstić information content (AvgIpc) is 2.83. The first-order valence-electron chi connectivity index (χ1n) is 10.7. The number of carbonyl (C=O) groups is 1. The van der Waals surface area contributed by atoms with Gasteiger partial charge in [0.25, 0.3) is 10.0 Å². The number of likely N-dealkylation sites (N-methyl/N-ethyl adjacent to an activating group) is 1. The molecule has 1 fully saturated rings. The van der Waals surface area contributed by atoms with Gasteiger partial charge in [-0.15, -0.1) is 0 Å². The minimum Gasteiger partial charge on any atom is -0.494 e. The Bertz CT molecular complexity index is 1050. The SMILES string of the molecule is CCOc1ccc(N(CC(=O)N2CCN(C)CC2)S(=O)(=O)c2ccc(OC)c(OC)c2)cc1. The minimum atomic E-state index is -4.08. The first-order chi connectivity index (χ1) is 15.8. The Morgan fingerprint density at radius 2 is 1.61 bits per heavy atom. The monoisotopic (exact) mass is 477 g/mol. The van der Waals surface area contributed by atoms with Crippen molar-refractivity contribution in [1.29, 1.82) is 0 Å². The summed E-state index contributed by atoms with van der Waals surface area (Å²) in [6, 6.07) is 11.0. The van der Waals surface area contributed by atoms with Gasteiger partial charge in [0.05, 0.1) is 31.4 Å². The normalized spacial score (nSPS) is 14.6. The molecule has 0 unspecified atom stereocenters. The standard InChI is InChI=1S/C23H31N3O6S/c1-5-32-19-8-6-18(7-9-19)26(17-23(27)25-14-12-24(2)13-15-25)33(28,29)20-10-11-21(30-3)22(16-20)31-4/h6-11,16H,5,12-15,17H2,1-4H3. The molecule has 1 aliphatic heterocycles. The number of sulfonamides is 1. The van der Waals surface area contributed by atoms with Gasteiger partial charge < -0.3 is 24.0 Å². The Labute approximate surface area is 195 Å². The maximum Gasteiger partial charge on any atom is 0.264 e. The van der Waals surface area contributed by atoms with Crippen molar-refractivity contribution in [1.82, 2.24) is 9.80 Å². The van der Waals surface area contributed by atoms with E-state index in [2.05, 4.69) is 4.90 Å². The maximum atomic E-state index is 13.7. The van der Waals surface area contributed by atoms with E-state index in [0.717, 1.165) is 17.4 Å². The van der Waals surface area contributed by atoms with Crippen molar-refractivity contribution < 1.29 is 27.4 Å². The third-order valence-electron chi connectivity index (χ3n) is 5.51. The van der Waals surface area contributed by atoms with Gasteiger partial charge in [0.1, 0.15) is 12.3 Å². The topological polar surface area (TPSA) is 88.6 Å². The number of carbonyl (C=O) groups excluding carboxylic acids is 1. The number of hydrogen-bond donors (Lipinski definition) is 0. The number of anilines is 1.